The van der Waals surface area contributed by atoms with Crippen LogP contribution in [0.15, 0.2) is 110 Å². The Labute approximate surface area is 327 Å². The maximum Gasteiger partial charge on any atom is 0.345 e. The molecule has 0 aromatic carbocycles. The summed E-state index contributed by atoms with van der Waals surface area (Å²) >= 11 is 0. The van der Waals surface area contributed by atoms with Gasteiger partial charge in [0.2, 0.25) is 17.0 Å². The molecule has 0 fully saturated rings. The Morgan fingerprint density at radius 2 is 1.11 bits per heavy atom. The van der Waals surface area contributed by atoms with Crippen LogP contribution in [-0.2, 0) is 25.7 Å². The molecule has 0 atom stereocenters. The van der Waals surface area contributed by atoms with E-state index in [2.05, 4.69) is 175 Å². The lowest BCUT2D eigenvalue weighted by molar-refractivity contribution is -0.407. The standard InChI is InChI=1S/2C12H13N2.2C11H12N3/c1-9-7-10-11-5-3-4-6-14(11)8-12(10)13(9)2;1-9-7-10-8-14-6-4-3-5-11(14)12(10)13(9)2;1-8-7-9-11(13(8)2)12-10-5-3-4-6-14(9)10;1-8-7-9-11(13(8)2)14-6-4-3-5-10(14)12-9/h2*3-6,8H,7H2,1-2H3;2*3-6H,7H2,1-2H3/q4*+1. The van der Waals surface area contributed by atoms with Crippen LogP contribution in [0.5, 0.6) is 0 Å². The third kappa shape index (κ3) is 5.79. The Hall–Kier alpha value is -6.42. The van der Waals surface area contributed by atoms with Crippen LogP contribution in [0.2, 0.25) is 0 Å². The molecule has 0 saturated heterocycles. The van der Waals surface area contributed by atoms with Crippen molar-refractivity contribution >= 4 is 68.2 Å². The quantitative estimate of drug-likeness (QED) is 0.150. The minimum absolute atomic E-state index is 0.980. The SMILES string of the molecule is CC1=[N+](C)c2c(cn3ccccc23)C1.CC1=[N+](C)c2c(nc3ccccn23)C1.CC1=[N+](C)c2cn3ccccc3c2C1.CC1=[N+](C)c2nc3ccccn3c2C1. The molecule has 8 aromatic heterocycles. The van der Waals surface area contributed by atoms with E-state index < -0.39 is 0 Å². The van der Waals surface area contributed by atoms with Crippen molar-refractivity contribution in [3.05, 3.63) is 132 Å². The lowest BCUT2D eigenvalue weighted by Crippen LogP contribution is -2.05. The predicted octanol–water partition coefficient (Wildman–Crippen LogP) is 7.71. The maximum atomic E-state index is 4.59. The van der Waals surface area contributed by atoms with Gasteiger partial charge in [-0.3, -0.25) is 4.40 Å². The van der Waals surface area contributed by atoms with Crippen LogP contribution in [0.3, 0.4) is 0 Å². The van der Waals surface area contributed by atoms with Gasteiger partial charge < -0.3 is 8.80 Å². The van der Waals surface area contributed by atoms with Crippen LogP contribution in [0.25, 0.3) is 22.3 Å². The second kappa shape index (κ2) is 13.7. The lowest BCUT2D eigenvalue weighted by Gasteiger charge is -1.94. The molecule has 0 amide bonds. The number of nitrogens with zero attached hydrogens (tertiary/aromatic N) is 10. The molecular weight excluding hydrogens is 693 g/mol. The van der Waals surface area contributed by atoms with E-state index in [1.807, 2.05) is 36.4 Å². The summed E-state index contributed by atoms with van der Waals surface area (Å²) in [6.07, 6.45) is 17.0. The lowest BCUT2D eigenvalue weighted by atomic mass is 10.1. The van der Waals surface area contributed by atoms with Crippen molar-refractivity contribution in [2.45, 2.75) is 53.4 Å². The number of hydrogen-bond donors (Lipinski definition) is 0. The van der Waals surface area contributed by atoms with E-state index in [9.17, 15) is 0 Å². The van der Waals surface area contributed by atoms with Crippen LogP contribution in [0.4, 0.5) is 23.0 Å². The molecule has 0 saturated carbocycles. The molecule has 10 heteroatoms. The van der Waals surface area contributed by atoms with Crippen molar-refractivity contribution in [1.29, 1.82) is 0 Å². The largest absolute Gasteiger partial charge is 0.345 e. The minimum Gasteiger partial charge on any atom is -0.318 e. The van der Waals surface area contributed by atoms with Crippen LogP contribution >= 0.6 is 0 Å². The molecular formula is C46H50N10+4. The summed E-state index contributed by atoms with van der Waals surface area (Å²) in [7, 11) is 8.46. The zero-order valence-electron chi connectivity index (χ0n) is 33.7. The van der Waals surface area contributed by atoms with Crippen molar-refractivity contribution < 1.29 is 18.3 Å². The van der Waals surface area contributed by atoms with Crippen LogP contribution in [0.1, 0.15) is 50.2 Å². The molecule has 4 aliphatic rings. The fraction of sp³-hybridized carbons (Fsp3) is 0.261. The number of rotatable bonds is 0. The number of pyridine rings is 4. The average molecular weight is 743 g/mol. The smallest absolute Gasteiger partial charge is 0.318 e. The van der Waals surface area contributed by atoms with Gasteiger partial charge in [0, 0.05) is 50.8 Å². The summed E-state index contributed by atoms with van der Waals surface area (Å²) in [6, 6.07) is 24.9. The summed E-state index contributed by atoms with van der Waals surface area (Å²) in [4.78, 5) is 9.19. The van der Waals surface area contributed by atoms with Gasteiger partial charge in [-0.05, 0) is 55.2 Å². The van der Waals surface area contributed by atoms with Gasteiger partial charge in [0.25, 0.3) is 5.65 Å². The Kier molecular flexibility index (Phi) is 8.64. The second-order valence-electron chi connectivity index (χ2n) is 15.5. The van der Waals surface area contributed by atoms with E-state index >= 15 is 0 Å². The summed E-state index contributed by atoms with van der Waals surface area (Å²) in [6.45, 7) is 8.69. The number of imidazole rings is 2. The molecule has 0 spiro atoms. The van der Waals surface area contributed by atoms with Crippen molar-refractivity contribution in [3.63, 3.8) is 0 Å². The highest BCUT2D eigenvalue weighted by atomic mass is 15.2. The van der Waals surface area contributed by atoms with Gasteiger partial charge in [-0.2, -0.15) is 4.40 Å². The van der Waals surface area contributed by atoms with Gasteiger partial charge in [0.1, 0.15) is 31.0 Å². The predicted molar refractivity (Wildman–Crippen MR) is 226 cm³/mol. The van der Waals surface area contributed by atoms with E-state index in [-0.39, 0.29) is 0 Å². The summed E-state index contributed by atoms with van der Waals surface area (Å²) in [5.74, 6) is 2.33. The molecule has 8 aromatic rings. The number of hydrogen-bond acceptors (Lipinski definition) is 2. The van der Waals surface area contributed by atoms with E-state index in [4.69, 9.17) is 0 Å². The summed E-state index contributed by atoms with van der Waals surface area (Å²) in [5, 5.41) is 0. The molecule has 56 heavy (non-hydrogen) atoms. The van der Waals surface area contributed by atoms with E-state index in [0.29, 0.717) is 0 Å². The van der Waals surface area contributed by atoms with Crippen LogP contribution < -0.4 is 0 Å². The molecule has 0 unspecified atom stereocenters. The molecule has 12 heterocycles. The zero-order valence-corrected chi connectivity index (χ0v) is 33.7. The van der Waals surface area contributed by atoms with E-state index in [1.54, 1.807) is 0 Å². The normalized spacial score (nSPS) is 15.3. The first kappa shape index (κ1) is 35.3. The molecule has 10 nitrogen and oxygen atoms in total. The molecule has 0 aliphatic carbocycles. The van der Waals surface area contributed by atoms with Gasteiger partial charge in [0.05, 0.1) is 80.2 Å². The molecule has 4 aliphatic heterocycles. The highest BCUT2D eigenvalue weighted by molar-refractivity contribution is 5.90. The van der Waals surface area contributed by atoms with Crippen molar-refractivity contribution in [3.8, 4) is 0 Å². The first-order chi connectivity index (χ1) is 27.1. The first-order valence-electron chi connectivity index (χ1n) is 19.4. The maximum absolute atomic E-state index is 4.59. The highest BCUT2D eigenvalue weighted by Gasteiger charge is 2.31. The van der Waals surface area contributed by atoms with Gasteiger partial charge in [-0.15, -0.1) is 0 Å². The van der Waals surface area contributed by atoms with Gasteiger partial charge in [-0.25, -0.2) is 23.3 Å². The van der Waals surface area contributed by atoms with E-state index in [0.717, 1.165) is 42.8 Å². The van der Waals surface area contributed by atoms with Crippen molar-refractivity contribution in [1.82, 2.24) is 27.6 Å². The third-order valence-electron chi connectivity index (χ3n) is 12.0. The fourth-order valence-corrected chi connectivity index (χ4v) is 8.54. The molecule has 280 valence electrons. The first-order valence-corrected chi connectivity index (χ1v) is 19.4. The van der Waals surface area contributed by atoms with Gasteiger partial charge in [-0.1, -0.05) is 24.3 Å². The fourth-order valence-electron chi connectivity index (χ4n) is 8.54. The van der Waals surface area contributed by atoms with Gasteiger partial charge in [0.15, 0.2) is 11.4 Å². The summed E-state index contributed by atoms with van der Waals surface area (Å²) in [5.41, 5.74) is 18.4. The molecule has 0 radical (unpaired) electrons. The Morgan fingerprint density at radius 3 is 1.86 bits per heavy atom. The summed E-state index contributed by atoms with van der Waals surface area (Å²) < 4.78 is 17.7. The average Bonchev–Trinajstić information content (AvgIpc) is 4.08. The molecule has 0 N–H and O–H groups in total. The topological polar surface area (TPSA) is 55.5 Å². The van der Waals surface area contributed by atoms with E-state index in [1.165, 1.54) is 73.6 Å². The monoisotopic (exact) mass is 742 g/mol. The van der Waals surface area contributed by atoms with Crippen LogP contribution in [-0.4, -0.2) is 96.9 Å². The number of aromatic nitrogens is 6. The number of fused-ring (bicyclic) bond motifs is 12. The Morgan fingerprint density at radius 1 is 0.518 bits per heavy atom. The highest BCUT2D eigenvalue weighted by Crippen LogP contribution is 2.32. The zero-order chi connectivity index (χ0) is 38.8. The third-order valence-corrected chi connectivity index (χ3v) is 12.0. The van der Waals surface area contributed by atoms with Crippen molar-refractivity contribution in [2.24, 2.45) is 0 Å². The van der Waals surface area contributed by atoms with Gasteiger partial charge >= 0.3 is 11.6 Å². The van der Waals surface area contributed by atoms with Crippen LogP contribution in [0, 0.1) is 0 Å². The second-order valence-corrected chi connectivity index (χ2v) is 15.5. The Balaban J connectivity index is 0.0000000975. The van der Waals surface area contributed by atoms with Crippen molar-refractivity contribution in [2.75, 3.05) is 28.2 Å². The minimum atomic E-state index is 0.980. The Bertz CT molecular complexity index is 2790. The molecule has 0 bridgehead atoms. The molecule has 12 rings (SSSR count).